The molecule has 1 N–H and O–H groups in total. The van der Waals surface area contributed by atoms with Crippen LogP contribution in [0.2, 0.25) is 0 Å². The molecular weight excluding hydrogens is 240 g/mol. The van der Waals surface area contributed by atoms with Gasteiger partial charge in [-0.3, -0.25) is 4.79 Å². The van der Waals surface area contributed by atoms with Gasteiger partial charge in [0.2, 0.25) is 11.9 Å². The van der Waals surface area contributed by atoms with Crippen LogP contribution in [0.3, 0.4) is 0 Å². The summed E-state index contributed by atoms with van der Waals surface area (Å²) < 4.78 is 0. The lowest BCUT2D eigenvalue weighted by Gasteiger charge is -2.31. The van der Waals surface area contributed by atoms with E-state index in [-0.39, 0.29) is 11.8 Å². The summed E-state index contributed by atoms with van der Waals surface area (Å²) in [7, 11) is 0. The molecule has 0 saturated carbocycles. The van der Waals surface area contributed by atoms with Gasteiger partial charge in [0.05, 0.1) is 5.92 Å². The van der Waals surface area contributed by atoms with Crippen LogP contribution >= 0.6 is 0 Å². The SMILES string of the molecule is CCCCNC(=O)[C@@H]1CCCN(c2ncccn2)C1. The highest BCUT2D eigenvalue weighted by Crippen LogP contribution is 2.19. The molecule has 0 aliphatic carbocycles. The van der Waals surface area contributed by atoms with Crippen LogP contribution in [0.5, 0.6) is 0 Å². The van der Waals surface area contributed by atoms with Gasteiger partial charge in [-0.1, -0.05) is 13.3 Å². The first-order valence-corrected chi connectivity index (χ1v) is 7.11. The van der Waals surface area contributed by atoms with E-state index in [0.717, 1.165) is 51.3 Å². The quantitative estimate of drug-likeness (QED) is 0.819. The van der Waals surface area contributed by atoms with E-state index in [0.29, 0.717) is 0 Å². The van der Waals surface area contributed by atoms with Crippen molar-refractivity contribution in [1.29, 1.82) is 0 Å². The Balaban J connectivity index is 1.88. The first kappa shape index (κ1) is 13.8. The highest BCUT2D eigenvalue weighted by molar-refractivity contribution is 5.79. The van der Waals surface area contributed by atoms with E-state index >= 15 is 0 Å². The van der Waals surface area contributed by atoms with Crippen LogP contribution in [0.4, 0.5) is 5.95 Å². The topological polar surface area (TPSA) is 58.1 Å². The van der Waals surface area contributed by atoms with Crippen LogP contribution in [-0.2, 0) is 4.79 Å². The molecule has 104 valence electrons. The lowest BCUT2D eigenvalue weighted by atomic mass is 9.97. The molecule has 1 aliphatic heterocycles. The van der Waals surface area contributed by atoms with Crippen molar-refractivity contribution in [2.24, 2.45) is 5.92 Å². The molecule has 0 bridgehead atoms. The van der Waals surface area contributed by atoms with E-state index in [9.17, 15) is 4.79 Å². The van der Waals surface area contributed by atoms with Gasteiger partial charge in [-0.25, -0.2) is 9.97 Å². The summed E-state index contributed by atoms with van der Waals surface area (Å²) in [5.41, 5.74) is 0. The van der Waals surface area contributed by atoms with Crippen molar-refractivity contribution >= 4 is 11.9 Å². The van der Waals surface area contributed by atoms with Gasteiger partial charge in [0.25, 0.3) is 0 Å². The number of nitrogens with one attached hydrogen (secondary N) is 1. The number of anilines is 1. The molecule has 2 heterocycles. The van der Waals surface area contributed by atoms with Crippen molar-refractivity contribution in [3.05, 3.63) is 18.5 Å². The summed E-state index contributed by atoms with van der Waals surface area (Å²) in [5, 5.41) is 3.02. The monoisotopic (exact) mass is 262 g/mol. The van der Waals surface area contributed by atoms with Crippen molar-refractivity contribution < 1.29 is 4.79 Å². The predicted molar refractivity (Wildman–Crippen MR) is 74.9 cm³/mol. The fourth-order valence-corrected chi connectivity index (χ4v) is 2.36. The Morgan fingerprint density at radius 3 is 3.00 bits per heavy atom. The largest absolute Gasteiger partial charge is 0.356 e. The van der Waals surface area contributed by atoms with Crippen molar-refractivity contribution in [1.82, 2.24) is 15.3 Å². The number of amides is 1. The van der Waals surface area contributed by atoms with E-state index < -0.39 is 0 Å². The van der Waals surface area contributed by atoms with Crippen molar-refractivity contribution in [3.63, 3.8) is 0 Å². The predicted octanol–water partition coefficient (Wildman–Crippen LogP) is 1.61. The molecule has 1 amide bonds. The van der Waals surface area contributed by atoms with Crippen LogP contribution in [0.1, 0.15) is 32.6 Å². The highest BCUT2D eigenvalue weighted by Gasteiger charge is 2.26. The molecule has 2 rings (SSSR count). The summed E-state index contributed by atoms with van der Waals surface area (Å²) in [4.78, 5) is 22.7. The third kappa shape index (κ3) is 3.91. The third-order valence-electron chi connectivity index (χ3n) is 3.46. The maximum atomic E-state index is 12.1. The van der Waals surface area contributed by atoms with Crippen LogP contribution < -0.4 is 10.2 Å². The smallest absolute Gasteiger partial charge is 0.225 e. The molecule has 0 radical (unpaired) electrons. The molecule has 1 aliphatic rings. The summed E-state index contributed by atoms with van der Waals surface area (Å²) in [6.07, 6.45) is 7.62. The average Bonchev–Trinajstić information content (AvgIpc) is 2.48. The fraction of sp³-hybridized carbons (Fsp3) is 0.643. The van der Waals surface area contributed by atoms with Gasteiger partial charge >= 0.3 is 0 Å². The van der Waals surface area contributed by atoms with Gasteiger partial charge in [0.1, 0.15) is 0 Å². The molecule has 0 unspecified atom stereocenters. The van der Waals surface area contributed by atoms with Crippen molar-refractivity contribution in [2.75, 3.05) is 24.5 Å². The zero-order valence-electron chi connectivity index (χ0n) is 11.5. The van der Waals surface area contributed by atoms with Gasteiger partial charge in [-0.2, -0.15) is 0 Å². The molecule has 19 heavy (non-hydrogen) atoms. The number of piperidine rings is 1. The summed E-state index contributed by atoms with van der Waals surface area (Å²) >= 11 is 0. The zero-order chi connectivity index (χ0) is 13.5. The Bertz CT molecular complexity index is 396. The molecule has 1 saturated heterocycles. The zero-order valence-corrected chi connectivity index (χ0v) is 11.5. The first-order valence-electron chi connectivity index (χ1n) is 7.11. The average molecular weight is 262 g/mol. The molecule has 0 spiro atoms. The van der Waals surface area contributed by atoms with Gasteiger partial charge in [0.15, 0.2) is 0 Å². The number of aromatic nitrogens is 2. The highest BCUT2D eigenvalue weighted by atomic mass is 16.1. The molecule has 1 aromatic rings. The Kier molecular flexibility index (Phi) is 5.12. The molecule has 0 aromatic carbocycles. The lowest BCUT2D eigenvalue weighted by Crippen LogP contribution is -2.43. The molecule has 1 atom stereocenters. The van der Waals surface area contributed by atoms with E-state index in [4.69, 9.17) is 0 Å². The standard InChI is InChI=1S/C14H22N4O/c1-2-3-7-15-13(19)12-6-4-10-18(11-12)14-16-8-5-9-17-14/h5,8-9,12H,2-4,6-7,10-11H2,1H3,(H,15,19)/t12-/m1/s1. The van der Waals surface area contributed by atoms with E-state index in [1.54, 1.807) is 12.4 Å². The van der Waals surface area contributed by atoms with E-state index in [1.165, 1.54) is 0 Å². The second kappa shape index (κ2) is 7.07. The van der Waals surface area contributed by atoms with E-state index in [2.05, 4.69) is 27.1 Å². The molecule has 5 heteroatoms. The third-order valence-corrected chi connectivity index (χ3v) is 3.46. The Morgan fingerprint density at radius 1 is 1.47 bits per heavy atom. The summed E-state index contributed by atoms with van der Waals surface area (Å²) in [6.45, 7) is 4.57. The Labute approximate surface area is 114 Å². The minimum absolute atomic E-state index is 0.0643. The number of hydrogen-bond donors (Lipinski definition) is 1. The van der Waals surface area contributed by atoms with E-state index in [1.807, 2.05) is 6.07 Å². The fourth-order valence-electron chi connectivity index (χ4n) is 2.36. The Hall–Kier alpha value is -1.65. The first-order chi connectivity index (χ1) is 9.31. The van der Waals surface area contributed by atoms with Gasteiger partial charge in [-0.15, -0.1) is 0 Å². The van der Waals surface area contributed by atoms with Crippen molar-refractivity contribution in [2.45, 2.75) is 32.6 Å². The van der Waals surface area contributed by atoms with Gasteiger partial charge in [0, 0.05) is 32.0 Å². The van der Waals surface area contributed by atoms with Crippen LogP contribution in [-0.4, -0.2) is 35.5 Å². The second-order valence-corrected chi connectivity index (χ2v) is 4.98. The van der Waals surface area contributed by atoms with Gasteiger partial charge < -0.3 is 10.2 Å². The molecular formula is C14H22N4O. The molecule has 1 aromatic heterocycles. The number of carbonyl (C=O) groups is 1. The molecule has 5 nitrogen and oxygen atoms in total. The number of hydrogen-bond acceptors (Lipinski definition) is 4. The van der Waals surface area contributed by atoms with Gasteiger partial charge in [-0.05, 0) is 25.3 Å². The Morgan fingerprint density at radius 2 is 2.26 bits per heavy atom. The van der Waals surface area contributed by atoms with Crippen molar-refractivity contribution in [3.8, 4) is 0 Å². The number of rotatable bonds is 5. The lowest BCUT2D eigenvalue weighted by molar-refractivity contribution is -0.125. The summed E-state index contributed by atoms with van der Waals surface area (Å²) in [5.74, 6) is 0.969. The van der Waals surface area contributed by atoms with Crippen LogP contribution in [0.15, 0.2) is 18.5 Å². The maximum Gasteiger partial charge on any atom is 0.225 e. The van der Waals surface area contributed by atoms with Crippen LogP contribution in [0, 0.1) is 5.92 Å². The normalized spacial score (nSPS) is 19.2. The minimum Gasteiger partial charge on any atom is -0.356 e. The maximum absolute atomic E-state index is 12.1. The second-order valence-electron chi connectivity index (χ2n) is 4.98. The number of carbonyl (C=O) groups excluding carboxylic acids is 1. The summed E-state index contributed by atoms with van der Waals surface area (Å²) in [6, 6.07) is 1.81. The number of nitrogens with zero attached hydrogens (tertiary/aromatic N) is 3. The van der Waals surface area contributed by atoms with Crippen LogP contribution in [0.25, 0.3) is 0 Å². The minimum atomic E-state index is 0.0643. The number of unbranched alkanes of at least 4 members (excludes halogenated alkanes) is 1. The molecule has 1 fully saturated rings.